The number of rotatable bonds is 6. The van der Waals surface area contributed by atoms with Gasteiger partial charge in [0.1, 0.15) is 17.6 Å². The molecule has 0 fully saturated rings. The van der Waals surface area contributed by atoms with E-state index in [0.717, 1.165) is 0 Å². The molecule has 2 rings (SSSR count). The highest BCUT2D eigenvalue weighted by atomic mass is 35.5. The Morgan fingerprint density at radius 3 is 2.49 bits per heavy atom. The minimum atomic E-state index is -0.990. The molecule has 0 saturated carbocycles. The second-order valence-corrected chi connectivity index (χ2v) is 10.6. The van der Waals surface area contributed by atoms with Gasteiger partial charge in [-0.1, -0.05) is 44.2 Å². The SMILES string of the molecule is C=CCNc1c(O)cc2c(O)c1C[C@@H](C)C[C@H](OC)[C@H](O)[C@@H](C)C=C(C)[C@H](OC(N)=O)[C@@H](OC)C=CC=C(C)C(=O)N2.Cl. The standard InChI is InChI=1S/C31H45N3O8.ClH/c1-8-12-33-26-21-13-17(2)14-25(41-7)27(36)19(4)15-20(5)29(42-31(32)39)24(40-6)11-9-10-18(3)30(38)34-22(28(21)37)16-23(26)35;/h8-11,15-17,19,24-25,27,29,33,35-37H,1,12-14H2,2-7H3,(H2,32,39)(H,34,38);1H/t17-,19+,24+,25+,27-,29+;/m1./s1. The first kappa shape index (κ1) is 37.5. The molecular weight excluding hydrogens is 578 g/mol. The number of nitrogens with one attached hydrogen (secondary N) is 2. The summed E-state index contributed by atoms with van der Waals surface area (Å²) in [5, 5.41) is 39.1. The van der Waals surface area contributed by atoms with Crippen LogP contribution < -0.4 is 16.4 Å². The van der Waals surface area contributed by atoms with Crippen LogP contribution in [0.25, 0.3) is 0 Å². The summed E-state index contributed by atoms with van der Waals surface area (Å²) in [6.45, 7) is 11.1. The van der Waals surface area contributed by atoms with E-state index in [1.807, 2.05) is 13.8 Å². The minimum Gasteiger partial charge on any atom is -0.506 e. The Balaban J connectivity index is 0.00000924. The molecule has 1 heterocycles. The molecule has 2 bridgehead atoms. The van der Waals surface area contributed by atoms with E-state index in [-0.39, 0.29) is 35.5 Å². The molecule has 1 aromatic carbocycles. The van der Waals surface area contributed by atoms with Gasteiger partial charge in [0, 0.05) is 43.9 Å². The topological polar surface area (TPSA) is 173 Å². The van der Waals surface area contributed by atoms with Crippen molar-refractivity contribution < 1.29 is 39.1 Å². The Morgan fingerprint density at radius 1 is 1.23 bits per heavy atom. The summed E-state index contributed by atoms with van der Waals surface area (Å²) in [5.74, 6) is -1.41. The van der Waals surface area contributed by atoms with Crippen LogP contribution >= 0.6 is 12.4 Å². The molecule has 0 aromatic heterocycles. The number of ether oxygens (including phenoxy) is 3. The van der Waals surface area contributed by atoms with Crippen molar-refractivity contribution in [3.05, 3.63) is 59.7 Å². The Labute approximate surface area is 259 Å². The summed E-state index contributed by atoms with van der Waals surface area (Å²) in [6.07, 6.45) is 4.64. The summed E-state index contributed by atoms with van der Waals surface area (Å²) >= 11 is 0. The van der Waals surface area contributed by atoms with Crippen molar-refractivity contribution in [1.29, 1.82) is 0 Å². The Bertz CT molecular complexity index is 1220. The minimum absolute atomic E-state index is 0. The smallest absolute Gasteiger partial charge is 0.405 e. The molecule has 0 saturated heterocycles. The van der Waals surface area contributed by atoms with Gasteiger partial charge in [-0.2, -0.15) is 0 Å². The molecule has 7 N–H and O–H groups in total. The van der Waals surface area contributed by atoms with Crippen LogP contribution in [0.15, 0.2) is 54.2 Å². The number of primary amides is 1. The molecule has 11 nitrogen and oxygen atoms in total. The predicted molar refractivity (Wildman–Crippen MR) is 170 cm³/mol. The number of benzene rings is 1. The molecular formula is C31H46ClN3O8. The quantitative estimate of drug-likeness (QED) is 0.151. The van der Waals surface area contributed by atoms with Gasteiger partial charge in [0.25, 0.3) is 5.91 Å². The van der Waals surface area contributed by atoms with Crippen LogP contribution in [0, 0.1) is 11.8 Å². The lowest BCUT2D eigenvalue weighted by Crippen LogP contribution is -2.37. The maximum absolute atomic E-state index is 13.0. The van der Waals surface area contributed by atoms with E-state index in [2.05, 4.69) is 17.2 Å². The maximum Gasteiger partial charge on any atom is 0.405 e. The van der Waals surface area contributed by atoms with E-state index in [9.17, 15) is 24.9 Å². The number of carbonyl (C=O) groups excluding carboxylic acids is 2. The first-order valence-corrected chi connectivity index (χ1v) is 13.8. The van der Waals surface area contributed by atoms with Gasteiger partial charge in [-0.3, -0.25) is 4.79 Å². The van der Waals surface area contributed by atoms with Gasteiger partial charge in [0.15, 0.2) is 6.10 Å². The van der Waals surface area contributed by atoms with Crippen molar-refractivity contribution in [2.75, 3.05) is 31.4 Å². The molecule has 12 heteroatoms. The van der Waals surface area contributed by atoms with Crippen LogP contribution in [0.5, 0.6) is 11.5 Å². The van der Waals surface area contributed by atoms with E-state index in [0.29, 0.717) is 41.8 Å². The second-order valence-electron chi connectivity index (χ2n) is 10.6. The number of phenolic OH excluding ortho intramolecular Hbond substituents is 2. The number of aliphatic hydroxyl groups excluding tert-OH is 1. The van der Waals surface area contributed by atoms with Crippen molar-refractivity contribution in [2.45, 2.75) is 65.0 Å². The van der Waals surface area contributed by atoms with Crippen LogP contribution in [0.4, 0.5) is 16.2 Å². The van der Waals surface area contributed by atoms with Crippen LogP contribution in [0.3, 0.4) is 0 Å². The zero-order chi connectivity index (χ0) is 31.6. The molecule has 1 aliphatic heterocycles. The van der Waals surface area contributed by atoms with Crippen molar-refractivity contribution in [2.24, 2.45) is 17.6 Å². The van der Waals surface area contributed by atoms with E-state index in [4.69, 9.17) is 19.9 Å². The highest BCUT2D eigenvalue weighted by Crippen LogP contribution is 2.42. The van der Waals surface area contributed by atoms with Crippen molar-refractivity contribution in [3.8, 4) is 11.5 Å². The number of anilines is 2. The van der Waals surface area contributed by atoms with Crippen LogP contribution in [-0.4, -0.2) is 72.5 Å². The van der Waals surface area contributed by atoms with Gasteiger partial charge in [0.05, 0.1) is 23.6 Å². The van der Waals surface area contributed by atoms with Crippen LogP contribution in [-0.2, 0) is 25.4 Å². The summed E-state index contributed by atoms with van der Waals surface area (Å²) in [6, 6.07) is 1.28. The number of fused-ring (bicyclic) bond motifs is 2. The summed E-state index contributed by atoms with van der Waals surface area (Å²) in [5.41, 5.74) is 7.01. The summed E-state index contributed by atoms with van der Waals surface area (Å²) < 4.78 is 16.6. The number of nitrogens with two attached hydrogens (primary N) is 1. The molecule has 1 aliphatic rings. The Hall–Kier alpha value is -3.51. The lowest BCUT2D eigenvalue weighted by molar-refractivity contribution is -0.112. The Kier molecular flexibility index (Phi) is 15.3. The van der Waals surface area contributed by atoms with Gasteiger partial charge in [-0.25, -0.2) is 4.79 Å². The predicted octanol–water partition coefficient (Wildman–Crippen LogP) is 4.58. The summed E-state index contributed by atoms with van der Waals surface area (Å²) in [4.78, 5) is 24.7. The van der Waals surface area contributed by atoms with Gasteiger partial charge >= 0.3 is 6.09 Å². The maximum atomic E-state index is 13.0. The molecule has 43 heavy (non-hydrogen) atoms. The highest BCUT2D eigenvalue weighted by molar-refractivity contribution is 6.04. The third kappa shape index (κ3) is 10.3. The number of aliphatic hydroxyl groups is 1. The molecule has 0 unspecified atom stereocenters. The molecule has 2 amide bonds. The summed E-state index contributed by atoms with van der Waals surface area (Å²) in [7, 11) is 2.95. The second kappa shape index (κ2) is 17.6. The normalized spacial score (nSPS) is 25.4. The van der Waals surface area contributed by atoms with Crippen LogP contribution in [0.1, 0.15) is 39.7 Å². The number of halogens is 1. The van der Waals surface area contributed by atoms with E-state index in [1.54, 1.807) is 38.2 Å². The largest absolute Gasteiger partial charge is 0.506 e. The fourth-order valence-corrected chi connectivity index (χ4v) is 4.98. The van der Waals surface area contributed by atoms with E-state index < -0.39 is 42.3 Å². The number of hydrogen-bond donors (Lipinski definition) is 6. The number of methoxy groups -OCH3 is 2. The zero-order valence-electron chi connectivity index (χ0n) is 25.6. The monoisotopic (exact) mass is 623 g/mol. The fourth-order valence-electron chi connectivity index (χ4n) is 4.98. The lowest BCUT2D eigenvalue weighted by atomic mass is 9.87. The number of allylic oxidation sites excluding steroid dienone is 2. The molecule has 1 aromatic rings. The molecule has 0 aliphatic carbocycles. The van der Waals surface area contributed by atoms with E-state index >= 15 is 0 Å². The average Bonchev–Trinajstić information content (AvgIpc) is 2.94. The number of carbonyl (C=O) groups is 2. The number of hydrogen-bond acceptors (Lipinski definition) is 9. The first-order chi connectivity index (χ1) is 19.8. The van der Waals surface area contributed by atoms with Gasteiger partial charge in [0.2, 0.25) is 0 Å². The third-order valence-electron chi connectivity index (χ3n) is 7.25. The third-order valence-corrected chi connectivity index (χ3v) is 7.25. The lowest BCUT2D eigenvalue weighted by Gasteiger charge is -2.29. The van der Waals surface area contributed by atoms with Crippen molar-refractivity contribution >= 4 is 35.8 Å². The number of amides is 2. The Morgan fingerprint density at radius 2 is 1.91 bits per heavy atom. The van der Waals surface area contributed by atoms with Gasteiger partial charge < -0.3 is 45.9 Å². The van der Waals surface area contributed by atoms with Crippen LogP contribution in [0.2, 0.25) is 0 Å². The van der Waals surface area contributed by atoms with Crippen molar-refractivity contribution in [3.63, 3.8) is 0 Å². The average molecular weight is 624 g/mol. The molecule has 0 radical (unpaired) electrons. The van der Waals surface area contributed by atoms with E-state index in [1.165, 1.54) is 26.4 Å². The first-order valence-electron chi connectivity index (χ1n) is 13.8. The van der Waals surface area contributed by atoms with Crippen molar-refractivity contribution in [1.82, 2.24) is 0 Å². The van der Waals surface area contributed by atoms with Gasteiger partial charge in [-0.05, 0) is 38.2 Å². The molecule has 6 atom stereocenters. The molecule has 240 valence electrons. The fraction of sp³-hybridized carbons (Fsp3) is 0.484. The number of aromatic hydroxyl groups is 2. The highest BCUT2D eigenvalue weighted by Gasteiger charge is 2.30. The number of phenols is 2. The zero-order valence-corrected chi connectivity index (χ0v) is 26.4. The van der Waals surface area contributed by atoms with Gasteiger partial charge in [-0.15, -0.1) is 19.0 Å². The molecule has 0 spiro atoms.